The second-order valence-electron chi connectivity index (χ2n) is 8.05. The molecule has 2 aromatic rings. The van der Waals surface area contributed by atoms with Crippen molar-refractivity contribution in [2.45, 2.75) is 39.7 Å². The Kier molecular flexibility index (Phi) is 7.89. The van der Waals surface area contributed by atoms with E-state index in [1.807, 2.05) is 0 Å². The van der Waals surface area contributed by atoms with E-state index in [9.17, 15) is 4.79 Å². The third-order valence-electron chi connectivity index (χ3n) is 5.69. The molecule has 0 saturated carbocycles. The monoisotopic (exact) mass is 406 g/mol. The molecule has 0 aliphatic carbocycles. The van der Waals surface area contributed by atoms with Crippen LogP contribution in [-0.2, 0) is 11.3 Å². The number of aryl methyl sites for hydroxylation is 1. The number of guanidine groups is 1. The summed E-state index contributed by atoms with van der Waals surface area (Å²) in [6, 6.07) is 17.2. The van der Waals surface area contributed by atoms with E-state index in [0.29, 0.717) is 18.9 Å². The first-order chi connectivity index (χ1) is 14.6. The van der Waals surface area contributed by atoms with Crippen LogP contribution in [0.25, 0.3) is 11.1 Å². The Morgan fingerprint density at radius 3 is 2.47 bits per heavy atom. The van der Waals surface area contributed by atoms with Crippen LogP contribution in [0, 0.1) is 12.8 Å². The van der Waals surface area contributed by atoms with Gasteiger partial charge in [0.05, 0.1) is 6.54 Å². The van der Waals surface area contributed by atoms with E-state index in [0.717, 1.165) is 38.4 Å². The molecule has 2 aromatic carbocycles. The van der Waals surface area contributed by atoms with Crippen LogP contribution in [0.3, 0.4) is 0 Å². The number of nitrogens with one attached hydrogen (secondary N) is 2. The largest absolute Gasteiger partial charge is 0.359 e. The van der Waals surface area contributed by atoms with Crippen LogP contribution in [0.2, 0.25) is 0 Å². The lowest BCUT2D eigenvalue weighted by Crippen LogP contribution is -2.46. The fourth-order valence-electron chi connectivity index (χ4n) is 3.98. The van der Waals surface area contributed by atoms with Crippen LogP contribution in [-0.4, -0.2) is 43.4 Å². The maximum absolute atomic E-state index is 11.6. The minimum absolute atomic E-state index is 0.141. The lowest BCUT2D eigenvalue weighted by atomic mass is 9.93. The Bertz CT molecular complexity index is 869. The highest BCUT2D eigenvalue weighted by Gasteiger charge is 2.23. The van der Waals surface area contributed by atoms with Crippen LogP contribution in [0.4, 0.5) is 0 Å². The number of carbonyl (C=O) groups excluding carboxylic acids is 1. The number of rotatable bonds is 6. The van der Waals surface area contributed by atoms with Gasteiger partial charge in [-0.25, -0.2) is 4.99 Å². The third kappa shape index (κ3) is 6.09. The number of carbonyl (C=O) groups is 1. The van der Waals surface area contributed by atoms with Crippen molar-refractivity contribution in [3.8, 4) is 11.1 Å². The Balaban J connectivity index is 1.65. The van der Waals surface area contributed by atoms with Crippen molar-refractivity contribution >= 4 is 11.9 Å². The number of hydrogen-bond acceptors (Lipinski definition) is 2. The van der Waals surface area contributed by atoms with E-state index in [-0.39, 0.29) is 5.91 Å². The Hall–Kier alpha value is -2.82. The lowest BCUT2D eigenvalue weighted by Gasteiger charge is -2.34. The fraction of sp³-hybridized carbons (Fsp3) is 0.440. The highest BCUT2D eigenvalue weighted by Crippen LogP contribution is 2.23. The quantitative estimate of drug-likeness (QED) is 0.564. The molecule has 0 unspecified atom stereocenters. The molecule has 0 bridgehead atoms. The van der Waals surface area contributed by atoms with E-state index >= 15 is 0 Å². The van der Waals surface area contributed by atoms with Crippen LogP contribution >= 0.6 is 0 Å². The molecule has 1 fully saturated rings. The molecule has 0 radical (unpaired) electrons. The molecule has 160 valence electrons. The molecule has 1 heterocycles. The Labute approximate surface area is 180 Å². The fourth-order valence-corrected chi connectivity index (χ4v) is 3.98. The third-order valence-corrected chi connectivity index (χ3v) is 5.69. The van der Waals surface area contributed by atoms with Crippen molar-refractivity contribution in [3.63, 3.8) is 0 Å². The number of likely N-dealkylation sites (tertiary alicyclic amines) is 1. The first-order valence-corrected chi connectivity index (χ1v) is 11.0. The Morgan fingerprint density at radius 1 is 1.10 bits per heavy atom. The summed E-state index contributed by atoms with van der Waals surface area (Å²) in [7, 11) is 1.71. The average Bonchev–Trinajstić information content (AvgIpc) is 2.77. The molecule has 30 heavy (non-hydrogen) atoms. The van der Waals surface area contributed by atoms with Crippen molar-refractivity contribution < 1.29 is 4.79 Å². The molecule has 1 saturated heterocycles. The molecule has 2 N–H and O–H groups in total. The van der Waals surface area contributed by atoms with Gasteiger partial charge in [0, 0.05) is 33.1 Å². The summed E-state index contributed by atoms with van der Waals surface area (Å²) >= 11 is 0. The van der Waals surface area contributed by atoms with Gasteiger partial charge in [-0.1, -0.05) is 48.0 Å². The molecular formula is C25H34N4O. The van der Waals surface area contributed by atoms with Crippen molar-refractivity contribution in [3.05, 3.63) is 59.7 Å². The summed E-state index contributed by atoms with van der Waals surface area (Å²) < 4.78 is 0. The summed E-state index contributed by atoms with van der Waals surface area (Å²) in [5.74, 6) is 1.58. The van der Waals surface area contributed by atoms with Gasteiger partial charge in [0.2, 0.25) is 5.91 Å². The maximum Gasteiger partial charge on any atom is 0.220 e. The average molecular weight is 407 g/mol. The van der Waals surface area contributed by atoms with E-state index in [1.54, 1.807) is 7.05 Å². The normalized spacial score (nSPS) is 15.2. The number of benzene rings is 2. The molecule has 3 rings (SSSR count). The summed E-state index contributed by atoms with van der Waals surface area (Å²) in [5.41, 5.74) is 4.95. The van der Waals surface area contributed by atoms with Gasteiger partial charge < -0.3 is 15.5 Å². The number of piperidine rings is 1. The van der Waals surface area contributed by atoms with Crippen molar-refractivity contribution in [2.24, 2.45) is 10.9 Å². The van der Waals surface area contributed by atoms with Gasteiger partial charge in [0.15, 0.2) is 5.96 Å². The molecule has 0 aromatic heterocycles. The second kappa shape index (κ2) is 10.8. The minimum Gasteiger partial charge on any atom is -0.359 e. The highest BCUT2D eigenvalue weighted by molar-refractivity contribution is 5.80. The summed E-state index contributed by atoms with van der Waals surface area (Å²) in [6.07, 6.45) is 2.69. The maximum atomic E-state index is 11.6. The summed E-state index contributed by atoms with van der Waals surface area (Å²) in [5, 5.41) is 6.18. The lowest BCUT2D eigenvalue weighted by molar-refractivity contribution is -0.121. The van der Waals surface area contributed by atoms with Crippen LogP contribution in [0.15, 0.2) is 53.5 Å². The molecule has 0 spiro atoms. The van der Waals surface area contributed by atoms with Crippen LogP contribution in [0.1, 0.15) is 37.3 Å². The van der Waals surface area contributed by atoms with Gasteiger partial charge in [-0.2, -0.15) is 0 Å². The van der Waals surface area contributed by atoms with Gasteiger partial charge in [-0.05, 0) is 55.4 Å². The van der Waals surface area contributed by atoms with E-state index in [4.69, 9.17) is 4.99 Å². The predicted molar refractivity (Wildman–Crippen MR) is 124 cm³/mol. The van der Waals surface area contributed by atoms with Gasteiger partial charge in [0.25, 0.3) is 0 Å². The van der Waals surface area contributed by atoms with Crippen molar-refractivity contribution in [2.75, 3.05) is 26.7 Å². The first kappa shape index (κ1) is 21.9. The zero-order valence-corrected chi connectivity index (χ0v) is 18.4. The summed E-state index contributed by atoms with van der Waals surface area (Å²) in [4.78, 5) is 18.9. The Morgan fingerprint density at radius 2 is 1.80 bits per heavy atom. The minimum atomic E-state index is 0.141. The predicted octanol–water partition coefficient (Wildman–Crippen LogP) is 3.98. The molecule has 0 atom stereocenters. The first-order valence-electron chi connectivity index (χ1n) is 11.0. The van der Waals surface area contributed by atoms with Gasteiger partial charge in [-0.15, -0.1) is 0 Å². The number of aliphatic imine (C=N–C) groups is 1. The van der Waals surface area contributed by atoms with Crippen molar-refractivity contribution in [1.82, 2.24) is 15.5 Å². The number of amides is 1. The molecule has 1 amide bonds. The molecule has 1 aliphatic rings. The van der Waals surface area contributed by atoms with Gasteiger partial charge in [0.1, 0.15) is 0 Å². The molecular weight excluding hydrogens is 372 g/mol. The van der Waals surface area contributed by atoms with Gasteiger partial charge >= 0.3 is 0 Å². The van der Waals surface area contributed by atoms with E-state index in [2.05, 4.69) is 77.9 Å². The zero-order valence-electron chi connectivity index (χ0n) is 18.4. The van der Waals surface area contributed by atoms with Crippen LogP contribution < -0.4 is 10.6 Å². The van der Waals surface area contributed by atoms with Gasteiger partial charge in [-0.3, -0.25) is 4.79 Å². The zero-order chi connectivity index (χ0) is 21.3. The number of nitrogens with zero attached hydrogens (tertiary/aromatic N) is 2. The SMILES string of the molecule is CCNC(=NCc1cccc(-c2cccc(C)c2)c1)N1CCC(CC(=O)NC)CC1. The van der Waals surface area contributed by atoms with Crippen molar-refractivity contribution in [1.29, 1.82) is 0 Å². The summed E-state index contributed by atoms with van der Waals surface area (Å²) in [6.45, 7) is 7.61. The van der Waals surface area contributed by atoms with Crippen LogP contribution in [0.5, 0.6) is 0 Å². The topological polar surface area (TPSA) is 56.7 Å². The van der Waals surface area contributed by atoms with E-state index in [1.165, 1.54) is 22.3 Å². The highest BCUT2D eigenvalue weighted by atomic mass is 16.1. The number of hydrogen-bond donors (Lipinski definition) is 2. The molecule has 1 aliphatic heterocycles. The molecule has 5 nitrogen and oxygen atoms in total. The molecule has 5 heteroatoms. The smallest absolute Gasteiger partial charge is 0.220 e. The van der Waals surface area contributed by atoms with E-state index < -0.39 is 0 Å². The second-order valence-corrected chi connectivity index (χ2v) is 8.05. The standard InChI is InChI=1S/C25H34N4O/c1-4-27-25(29-13-11-20(12-14-29)17-24(30)26-3)28-18-21-8-6-10-23(16-21)22-9-5-7-19(2)15-22/h5-10,15-16,20H,4,11-14,17-18H2,1-3H3,(H,26,30)(H,27,28).